The molecule has 1 aromatic heterocycles. The van der Waals surface area contributed by atoms with Crippen molar-refractivity contribution < 1.29 is 54.0 Å². The van der Waals surface area contributed by atoms with E-state index in [1.54, 1.807) is 12.4 Å². The molecule has 110 valence electrons. The van der Waals surface area contributed by atoms with Crippen LogP contribution in [-0.2, 0) is 16.8 Å². The quantitative estimate of drug-likeness (QED) is 0.487. The largest absolute Gasteiger partial charge is 3.00 e. The molecule has 0 unspecified atom stereocenters. The van der Waals surface area contributed by atoms with E-state index < -0.39 is 0 Å². The summed E-state index contributed by atoms with van der Waals surface area (Å²) in [5.41, 5.74) is 2.98. The monoisotopic (exact) mass is 367 g/mol. The first-order valence-corrected chi connectivity index (χ1v) is 5.24. The van der Waals surface area contributed by atoms with Crippen LogP contribution in [0.1, 0.15) is 30.8 Å². The number of hydrogen-bond donors (Lipinski definition) is 0. The minimum atomic E-state index is 0. The maximum absolute atomic E-state index is 4.41. The van der Waals surface area contributed by atoms with Gasteiger partial charge in [0.15, 0.2) is 0 Å². The number of rotatable bonds is 4. The van der Waals surface area contributed by atoms with Gasteiger partial charge >= 0.3 is 16.8 Å². The van der Waals surface area contributed by atoms with Crippen LogP contribution in [0.25, 0.3) is 0 Å². The van der Waals surface area contributed by atoms with Crippen molar-refractivity contribution >= 4 is 12.4 Å². The Morgan fingerprint density at radius 1 is 0.947 bits per heavy atom. The number of pyridine rings is 1. The molecule has 0 saturated carbocycles. The minimum Gasteiger partial charge on any atom is -1.00 e. The van der Waals surface area contributed by atoms with E-state index in [0.717, 1.165) is 24.5 Å². The van der Waals surface area contributed by atoms with Gasteiger partial charge in [-0.05, 0) is 38.5 Å². The number of halogens is 3. The summed E-state index contributed by atoms with van der Waals surface area (Å²) in [4.78, 5) is 12.8. The van der Waals surface area contributed by atoms with Crippen molar-refractivity contribution in [1.82, 2.24) is 4.98 Å². The van der Waals surface area contributed by atoms with E-state index in [2.05, 4.69) is 15.0 Å². The average molecular weight is 369 g/mol. The third kappa shape index (κ3) is 11.4. The van der Waals surface area contributed by atoms with Gasteiger partial charge in [-0.15, -0.1) is 0 Å². The van der Waals surface area contributed by atoms with E-state index in [4.69, 9.17) is 0 Å². The van der Waals surface area contributed by atoms with Crippen LogP contribution in [0.5, 0.6) is 0 Å². The molecule has 0 N–H and O–H groups in total. The molecule has 0 amide bonds. The molecule has 0 aliphatic heterocycles. The molecular weight excluding hydrogens is 351 g/mol. The molecule has 0 bridgehead atoms. The maximum atomic E-state index is 4.41. The molecule has 1 aromatic rings. The zero-order valence-electron chi connectivity index (χ0n) is 11.0. The van der Waals surface area contributed by atoms with Crippen LogP contribution in [0, 0.1) is 6.92 Å². The molecule has 0 aliphatic carbocycles. The standard InChI is InChI=1S/C12H17N3.3ClH.Co/c1-4-13-8-11-6-10(3)7-12(15-11)9-14-5-2;;;;/h6-9H,4-5H2,1-3H3;3*1H;/q;;;;+3/p-3. The number of aryl methyl sites for hydroxylation is 1. The van der Waals surface area contributed by atoms with Gasteiger partial charge in [0.05, 0.1) is 11.4 Å². The molecule has 0 atom stereocenters. The molecule has 0 fully saturated rings. The molecular formula is C12H17Cl3CoN3. The molecule has 0 radical (unpaired) electrons. The second kappa shape index (κ2) is 15.9. The van der Waals surface area contributed by atoms with Crippen molar-refractivity contribution in [3.63, 3.8) is 0 Å². The van der Waals surface area contributed by atoms with E-state index in [1.807, 2.05) is 32.9 Å². The summed E-state index contributed by atoms with van der Waals surface area (Å²) in [6.45, 7) is 7.63. The Morgan fingerprint density at radius 3 is 1.63 bits per heavy atom. The van der Waals surface area contributed by atoms with Gasteiger partial charge in [0, 0.05) is 25.5 Å². The van der Waals surface area contributed by atoms with Crippen molar-refractivity contribution in [2.45, 2.75) is 20.8 Å². The van der Waals surface area contributed by atoms with Gasteiger partial charge in [-0.3, -0.25) is 9.98 Å². The number of aliphatic imine (C=N–C) groups is 2. The summed E-state index contributed by atoms with van der Waals surface area (Å²) in [5.74, 6) is 0. The summed E-state index contributed by atoms with van der Waals surface area (Å²) in [5, 5.41) is 0. The number of hydrogen-bond acceptors (Lipinski definition) is 3. The molecule has 19 heavy (non-hydrogen) atoms. The first kappa shape index (κ1) is 27.2. The molecule has 0 aliphatic rings. The van der Waals surface area contributed by atoms with Crippen LogP contribution in [-0.4, -0.2) is 30.5 Å². The molecule has 1 heterocycles. The van der Waals surface area contributed by atoms with Crippen LogP contribution in [0.2, 0.25) is 0 Å². The first-order valence-electron chi connectivity index (χ1n) is 5.24. The second-order valence-electron chi connectivity index (χ2n) is 3.25. The van der Waals surface area contributed by atoms with Crippen LogP contribution >= 0.6 is 0 Å². The summed E-state index contributed by atoms with van der Waals surface area (Å²) >= 11 is 0. The van der Waals surface area contributed by atoms with Gasteiger partial charge in [0.25, 0.3) is 0 Å². The fraction of sp³-hybridized carbons (Fsp3) is 0.417. The van der Waals surface area contributed by atoms with Gasteiger partial charge in [-0.1, -0.05) is 0 Å². The summed E-state index contributed by atoms with van der Waals surface area (Å²) in [6, 6.07) is 4.03. The minimum absolute atomic E-state index is 0. The number of nitrogens with zero attached hydrogens (tertiary/aromatic N) is 3. The SMILES string of the molecule is CCN=Cc1cc(C)cc(C=NCC)n1.[Cl-].[Cl-].[Cl-].[Co+3]. The Labute approximate surface area is 144 Å². The Bertz CT molecular complexity index is 352. The zero-order valence-corrected chi connectivity index (χ0v) is 14.3. The average Bonchev–Trinajstić information content (AvgIpc) is 2.23. The number of aromatic nitrogens is 1. The Morgan fingerprint density at radius 2 is 1.32 bits per heavy atom. The van der Waals surface area contributed by atoms with Gasteiger partial charge in [0.2, 0.25) is 0 Å². The van der Waals surface area contributed by atoms with Gasteiger partial charge < -0.3 is 37.2 Å². The predicted octanol–water partition coefficient (Wildman–Crippen LogP) is -6.72. The Kier molecular flexibility index (Phi) is 22.8. The van der Waals surface area contributed by atoms with Gasteiger partial charge in [-0.2, -0.15) is 0 Å². The van der Waals surface area contributed by atoms with Crippen molar-refractivity contribution in [1.29, 1.82) is 0 Å². The molecule has 0 aromatic carbocycles. The van der Waals surface area contributed by atoms with Crippen LogP contribution in [0.15, 0.2) is 22.1 Å². The fourth-order valence-corrected chi connectivity index (χ4v) is 1.22. The first-order chi connectivity index (χ1) is 7.26. The Hall–Kier alpha value is -0.134. The smallest absolute Gasteiger partial charge is 1.00 e. The topological polar surface area (TPSA) is 37.6 Å². The maximum Gasteiger partial charge on any atom is 3.00 e. The van der Waals surface area contributed by atoms with E-state index in [9.17, 15) is 0 Å². The van der Waals surface area contributed by atoms with Crippen molar-refractivity contribution in [2.24, 2.45) is 9.98 Å². The van der Waals surface area contributed by atoms with Crippen LogP contribution in [0.4, 0.5) is 0 Å². The normalized spacial score (nSPS) is 9.21. The summed E-state index contributed by atoms with van der Waals surface area (Å²) in [7, 11) is 0. The molecule has 7 heteroatoms. The third-order valence-electron chi connectivity index (χ3n) is 1.82. The van der Waals surface area contributed by atoms with Gasteiger partial charge in [0.1, 0.15) is 0 Å². The Balaban J connectivity index is -0.000000281. The van der Waals surface area contributed by atoms with Gasteiger partial charge in [-0.25, -0.2) is 4.98 Å². The van der Waals surface area contributed by atoms with Crippen LogP contribution < -0.4 is 37.2 Å². The van der Waals surface area contributed by atoms with E-state index in [0.29, 0.717) is 0 Å². The second-order valence-corrected chi connectivity index (χ2v) is 3.25. The fourth-order valence-electron chi connectivity index (χ4n) is 1.22. The van der Waals surface area contributed by atoms with Crippen molar-refractivity contribution in [3.05, 3.63) is 29.1 Å². The molecule has 0 saturated heterocycles. The molecule has 0 spiro atoms. The predicted molar refractivity (Wildman–Crippen MR) is 65.2 cm³/mol. The van der Waals surface area contributed by atoms with Crippen molar-refractivity contribution in [3.8, 4) is 0 Å². The van der Waals surface area contributed by atoms with E-state index in [1.165, 1.54) is 5.56 Å². The summed E-state index contributed by atoms with van der Waals surface area (Å²) < 4.78 is 0. The summed E-state index contributed by atoms with van der Waals surface area (Å²) in [6.07, 6.45) is 3.60. The van der Waals surface area contributed by atoms with Crippen molar-refractivity contribution in [2.75, 3.05) is 13.1 Å². The van der Waals surface area contributed by atoms with E-state index in [-0.39, 0.29) is 54.0 Å². The third-order valence-corrected chi connectivity index (χ3v) is 1.82. The van der Waals surface area contributed by atoms with Crippen LogP contribution in [0.3, 0.4) is 0 Å². The zero-order chi connectivity index (χ0) is 11.1. The molecule has 1 rings (SSSR count). The van der Waals surface area contributed by atoms with E-state index >= 15 is 0 Å². The molecule has 3 nitrogen and oxygen atoms in total.